The molecule has 1 saturated heterocycles. The lowest BCUT2D eigenvalue weighted by Crippen LogP contribution is -2.41. The molecule has 0 aliphatic carbocycles. The van der Waals surface area contributed by atoms with Crippen molar-refractivity contribution in [2.75, 3.05) is 36.0 Å². The lowest BCUT2D eigenvalue weighted by molar-refractivity contribution is -0.120. The number of sulfonamides is 2. The van der Waals surface area contributed by atoms with Gasteiger partial charge in [-0.15, -0.1) is 0 Å². The summed E-state index contributed by atoms with van der Waals surface area (Å²) in [6.07, 6.45) is 1.34. The summed E-state index contributed by atoms with van der Waals surface area (Å²) < 4.78 is 58.4. The predicted octanol–water partition coefficient (Wildman–Crippen LogP) is 2.89. The molecule has 2 aromatic carbocycles. The summed E-state index contributed by atoms with van der Waals surface area (Å²) in [5, 5.41) is 2.83. The van der Waals surface area contributed by atoms with Crippen LogP contribution in [0.1, 0.15) is 26.2 Å². The predicted molar refractivity (Wildman–Crippen MR) is 127 cm³/mol. The molecule has 180 valence electrons. The van der Waals surface area contributed by atoms with E-state index in [0.29, 0.717) is 36.4 Å². The van der Waals surface area contributed by atoms with Crippen LogP contribution < -0.4 is 14.8 Å². The van der Waals surface area contributed by atoms with E-state index in [1.807, 2.05) is 0 Å². The fourth-order valence-electron chi connectivity index (χ4n) is 3.62. The summed E-state index contributed by atoms with van der Waals surface area (Å²) >= 11 is 0. The van der Waals surface area contributed by atoms with Crippen LogP contribution in [0.2, 0.25) is 0 Å². The summed E-state index contributed by atoms with van der Waals surface area (Å²) in [6, 6.07) is 12.7. The molecule has 0 bridgehead atoms. The van der Waals surface area contributed by atoms with E-state index in [1.54, 1.807) is 43.3 Å². The number of nitrogens with zero attached hydrogens (tertiary/aromatic N) is 1. The highest BCUT2D eigenvalue weighted by Crippen LogP contribution is 2.26. The Morgan fingerprint density at radius 2 is 1.55 bits per heavy atom. The van der Waals surface area contributed by atoms with Crippen LogP contribution in [0, 0.1) is 5.92 Å². The third kappa shape index (κ3) is 6.46. The van der Waals surface area contributed by atoms with E-state index in [2.05, 4.69) is 10.0 Å². The van der Waals surface area contributed by atoms with Gasteiger partial charge < -0.3 is 10.1 Å². The Morgan fingerprint density at radius 1 is 0.970 bits per heavy atom. The second-order valence-electron chi connectivity index (χ2n) is 7.84. The largest absolute Gasteiger partial charge is 0.497 e. The fraction of sp³-hybridized carbons (Fsp3) is 0.409. The van der Waals surface area contributed by atoms with Gasteiger partial charge in [0.05, 0.1) is 17.8 Å². The Bertz CT molecular complexity index is 1160. The van der Waals surface area contributed by atoms with Crippen molar-refractivity contribution < 1.29 is 26.4 Å². The Labute approximate surface area is 195 Å². The van der Waals surface area contributed by atoms with E-state index in [1.165, 1.54) is 23.5 Å². The van der Waals surface area contributed by atoms with Gasteiger partial charge in [-0.2, -0.15) is 4.31 Å². The number of hydrogen-bond acceptors (Lipinski definition) is 6. The summed E-state index contributed by atoms with van der Waals surface area (Å²) in [5.74, 6) is 0.125. The van der Waals surface area contributed by atoms with Gasteiger partial charge in [-0.25, -0.2) is 16.8 Å². The minimum absolute atomic E-state index is 0.0400. The molecule has 1 amide bonds. The van der Waals surface area contributed by atoms with Crippen molar-refractivity contribution >= 4 is 37.3 Å². The summed E-state index contributed by atoms with van der Waals surface area (Å²) in [5.41, 5.74) is 0.977. The molecular formula is C22H29N3O6S2. The topological polar surface area (TPSA) is 122 Å². The molecule has 0 saturated carbocycles. The average Bonchev–Trinajstić information content (AvgIpc) is 2.80. The molecule has 0 unspecified atom stereocenters. The van der Waals surface area contributed by atoms with Gasteiger partial charge in [0.25, 0.3) is 0 Å². The number of carbonyl (C=O) groups excluding carboxylic acids is 1. The minimum Gasteiger partial charge on any atom is -0.497 e. The van der Waals surface area contributed by atoms with Gasteiger partial charge >= 0.3 is 0 Å². The van der Waals surface area contributed by atoms with Crippen LogP contribution in [-0.4, -0.2) is 53.0 Å². The Hall–Kier alpha value is -2.63. The molecule has 11 heteroatoms. The maximum atomic E-state index is 12.9. The first-order valence-electron chi connectivity index (χ1n) is 10.7. The van der Waals surface area contributed by atoms with Crippen molar-refractivity contribution in [3.8, 4) is 5.75 Å². The van der Waals surface area contributed by atoms with Crippen molar-refractivity contribution in [3.63, 3.8) is 0 Å². The van der Waals surface area contributed by atoms with E-state index in [-0.39, 0.29) is 35.6 Å². The zero-order chi connectivity index (χ0) is 24.1. The molecule has 1 fully saturated rings. The van der Waals surface area contributed by atoms with Crippen molar-refractivity contribution in [2.45, 2.75) is 31.1 Å². The lowest BCUT2D eigenvalue weighted by atomic mass is 9.97. The SMILES string of the molecule is CCCS(=O)(=O)Nc1ccc(NC(=O)C2CCN(S(=O)(=O)c3ccc(OC)cc3)CC2)cc1. The summed E-state index contributed by atoms with van der Waals surface area (Å²) in [4.78, 5) is 12.9. The number of benzene rings is 2. The molecule has 1 aliphatic rings. The molecule has 1 heterocycles. The van der Waals surface area contributed by atoms with Gasteiger partial charge in [0, 0.05) is 30.4 Å². The lowest BCUT2D eigenvalue weighted by Gasteiger charge is -2.30. The molecule has 2 aromatic rings. The number of anilines is 2. The Morgan fingerprint density at radius 3 is 2.09 bits per heavy atom. The van der Waals surface area contributed by atoms with E-state index >= 15 is 0 Å². The number of hydrogen-bond donors (Lipinski definition) is 2. The minimum atomic E-state index is -3.63. The highest BCUT2D eigenvalue weighted by Gasteiger charge is 2.32. The van der Waals surface area contributed by atoms with Crippen molar-refractivity contribution in [2.24, 2.45) is 5.92 Å². The third-order valence-corrected chi connectivity index (χ3v) is 8.83. The van der Waals surface area contributed by atoms with Crippen LogP contribution in [0.4, 0.5) is 11.4 Å². The van der Waals surface area contributed by atoms with Crippen LogP contribution in [0.3, 0.4) is 0 Å². The maximum absolute atomic E-state index is 12.9. The number of carbonyl (C=O) groups is 1. The molecule has 1 aliphatic heterocycles. The number of methoxy groups -OCH3 is 1. The van der Waals surface area contributed by atoms with E-state index in [9.17, 15) is 21.6 Å². The monoisotopic (exact) mass is 495 g/mol. The number of piperidine rings is 1. The molecule has 0 atom stereocenters. The van der Waals surface area contributed by atoms with E-state index in [4.69, 9.17) is 4.74 Å². The van der Waals surface area contributed by atoms with Gasteiger partial charge in [0.1, 0.15) is 5.75 Å². The van der Waals surface area contributed by atoms with Crippen LogP contribution in [0.15, 0.2) is 53.4 Å². The van der Waals surface area contributed by atoms with Crippen LogP contribution >= 0.6 is 0 Å². The molecular weight excluding hydrogens is 466 g/mol. The van der Waals surface area contributed by atoms with Crippen LogP contribution in [0.25, 0.3) is 0 Å². The van der Waals surface area contributed by atoms with Gasteiger partial charge in [0.2, 0.25) is 26.0 Å². The summed E-state index contributed by atoms with van der Waals surface area (Å²) in [7, 11) is -5.49. The van der Waals surface area contributed by atoms with Crippen molar-refractivity contribution in [1.82, 2.24) is 4.31 Å². The molecule has 0 spiro atoms. The number of amides is 1. The first kappa shape index (κ1) is 25.0. The van der Waals surface area contributed by atoms with Crippen molar-refractivity contribution in [1.29, 1.82) is 0 Å². The molecule has 33 heavy (non-hydrogen) atoms. The number of nitrogens with one attached hydrogen (secondary N) is 2. The van der Waals surface area contributed by atoms with Crippen LogP contribution in [-0.2, 0) is 24.8 Å². The molecule has 0 radical (unpaired) electrons. The second kappa shape index (κ2) is 10.5. The van der Waals surface area contributed by atoms with Crippen LogP contribution in [0.5, 0.6) is 5.75 Å². The zero-order valence-electron chi connectivity index (χ0n) is 18.7. The van der Waals surface area contributed by atoms with Gasteiger partial charge in [0.15, 0.2) is 0 Å². The first-order valence-corrected chi connectivity index (χ1v) is 13.8. The summed E-state index contributed by atoms with van der Waals surface area (Å²) in [6.45, 7) is 2.30. The normalized spacial score (nSPS) is 15.7. The van der Waals surface area contributed by atoms with Crippen molar-refractivity contribution in [3.05, 3.63) is 48.5 Å². The van der Waals surface area contributed by atoms with Gasteiger partial charge in [-0.05, 0) is 67.8 Å². The number of rotatable bonds is 9. The smallest absolute Gasteiger partial charge is 0.243 e. The zero-order valence-corrected chi connectivity index (χ0v) is 20.3. The standard InChI is InChI=1S/C22H29N3O6S2/c1-3-16-32(27,28)24-19-6-4-18(5-7-19)23-22(26)17-12-14-25(15-13-17)33(29,30)21-10-8-20(31-2)9-11-21/h4-11,17,24H,3,12-16H2,1-2H3,(H,23,26). The highest BCUT2D eigenvalue weighted by molar-refractivity contribution is 7.92. The molecule has 3 rings (SSSR count). The fourth-order valence-corrected chi connectivity index (χ4v) is 6.22. The Kier molecular flexibility index (Phi) is 7.98. The van der Waals surface area contributed by atoms with E-state index in [0.717, 1.165) is 0 Å². The third-order valence-electron chi connectivity index (χ3n) is 5.42. The van der Waals surface area contributed by atoms with Gasteiger partial charge in [-0.3, -0.25) is 9.52 Å². The van der Waals surface area contributed by atoms with E-state index < -0.39 is 20.0 Å². The highest BCUT2D eigenvalue weighted by atomic mass is 32.2. The average molecular weight is 496 g/mol. The maximum Gasteiger partial charge on any atom is 0.243 e. The quantitative estimate of drug-likeness (QED) is 0.552. The molecule has 0 aromatic heterocycles. The molecule has 2 N–H and O–H groups in total. The number of ether oxygens (including phenoxy) is 1. The van der Waals surface area contributed by atoms with Gasteiger partial charge in [-0.1, -0.05) is 6.92 Å². The first-order chi connectivity index (χ1) is 15.6. The molecule has 9 nitrogen and oxygen atoms in total. The second-order valence-corrected chi connectivity index (χ2v) is 11.6. The Balaban J connectivity index is 1.55.